The second-order valence-electron chi connectivity index (χ2n) is 16.8. The summed E-state index contributed by atoms with van der Waals surface area (Å²) in [6.45, 7) is 0.133. The van der Waals surface area contributed by atoms with Gasteiger partial charge in [0, 0.05) is 31.5 Å². The topological polar surface area (TPSA) is 30.7 Å². The third-order valence-corrected chi connectivity index (χ3v) is 14.9. The number of hydrogen-bond donors (Lipinski definition) is 0. The molecular weight excluding hydrogens is 770 g/mol. The first kappa shape index (κ1) is 34.3. The molecule has 3 aliphatic rings. The molecular formula is C57H34BN3S. The normalized spacial score (nSPS) is 13.8. The predicted octanol–water partition coefficient (Wildman–Crippen LogP) is 11.7. The van der Waals surface area contributed by atoms with Gasteiger partial charge in [-0.25, -0.2) is 9.97 Å². The van der Waals surface area contributed by atoms with Gasteiger partial charge >= 0.3 is 0 Å². The molecule has 11 aromatic rings. The monoisotopic (exact) mass is 803 g/mol. The Kier molecular flexibility index (Phi) is 7.06. The van der Waals surface area contributed by atoms with Crippen LogP contribution < -0.4 is 16.4 Å². The van der Waals surface area contributed by atoms with Crippen molar-refractivity contribution in [2.75, 3.05) is 0 Å². The molecule has 2 aliphatic carbocycles. The Morgan fingerprint density at radius 2 is 1.03 bits per heavy atom. The van der Waals surface area contributed by atoms with Gasteiger partial charge < -0.3 is 0 Å². The molecule has 0 radical (unpaired) electrons. The predicted molar refractivity (Wildman–Crippen MR) is 257 cm³/mol. The molecule has 9 aromatic carbocycles. The Hall–Kier alpha value is -7.47. The van der Waals surface area contributed by atoms with Crippen LogP contribution in [0.2, 0.25) is 0 Å². The smallest absolute Gasteiger partial charge is 0.244 e. The van der Waals surface area contributed by atoms with Crippen molar-refractivity contribution in [1.29, 1.82) is 0 Å². The molecule has 3 heterocycles. The van der Waals surface area contributed by atoms with Crippen molar-refractivity contribution in [2.45, 2.75) is 15.2 Å². The summed E-state index contributed by atoms with van der Waals surface area (Å²) in [5.41, 5.74) is 19.2. The van der Waals surface area contributed by atoms with E-state index in [1.807, 2.05) is 11.8 Å². The van der Waals surface area contributed by atoms with Crippen LogP contribution in [0.3, 0.4) is 0 Å². The molecule has 2 aromatic heterocycles. The molecule has 0 fully saturated rings. The lowest BCUT2D eigenvalue weighted by atomic mass is 9.36. The Morgan fingerprint density at radius 3 is 1.81 bits per heavy atom. The van der Waals surface area contributed by atoms with Gasteiger partial charge in [-0.15, -0.1) is 0 Å². The van der Waals surface area contributed by atoms with Crippen molar-refractivity contribution in [3.63, 3.8) is 0 Å². The van der Waals surface area contributed by atoms with E-state index >= 15 is 0 Å². The van der Waals surface area contributed by atoms with Crippen molar-refractivity contribution in [1.82, 2.24) is 14.5 Å². The summed E-state index contributed by atoms with van der Waals surface area (Å²) in [4.78, 5) is 13.5. The summed E-state index contributed by atoms with van der Waals surface area (Å²) >= 11 is 1.86. The minimum Gasteiger partial charge on any atom is -0.278 e. The van der Waals surface area contributed by atoms with Crippen LogP contribution >= 0.6 is 11.8 Å². The van der Waals surface area contributed by atoms with E-state index < -0.39 is 5.41 Å². The van der Waals surface area contributed by atoms with Crippen LogP contribution in [-0.2, 0) is 5.41 Å². The molecule has 0 unspecified atom stereocenters. The zero-order chi connectivity index (χ0) is 40.5. The second kappa shape index (κ2) is 12.8. The molecule has 286 valence electrons. The summed E-state index contributed by atoms with van der Waals surface area (Å²) < 4.78 is 2.30. The maximum absolute atomic E-state index is 5.61. The Morgan fingerprint density at radius 1 is 0.419 bits per heavy atom. The van der Waals surface area contributed by atoms with Crippen molar-refractivity contribution in [3.8, 4) is 39.5 Å². The second-order valence-corrected chi connectivity index (χ2v) is 17.9. The van der Waals surface area contributed by atoms with Crippen LogP contribution in [0, 0.1) is 0 Å². The number of rotatable bonds is 3. The summed E-state index contributed by atoms with van der Waals surface area (Å²) in [6, 6.07) is 75.9. The summed E-state index contributed by atoms with van der Waals surface area (Å²) in [6.07, 6.45) is 0. The molecule has 5 heteroatoms. The summed E-state index contributed by atoms with van der Waals surface area (Å²) in [7, 11) is 0. The fourth-order valence-electron chi connectivity index (χ4n) is 11.3. The van der Waals surface area contributed by atoms with E-state index in [1.54, 1.807) is 0 Å². The average molecular weight is 804 g/mol. The van der Waals surface area contributed by atoms with E-state index in [1.165, 1.54) is 81.5 Å². The van der Waals surface area contributed by atoms with E-state index in [0.717, 1.165) is 33.2 Å². The van der Waals surface area contributed by atoms with Crippen molar-refractivity contribution < 1.29 is 0 Å². The number of para-hydroxylation sites is 2. The molecule has 1 spiro atoms. The lowest BCUT2D eigenvalue weighted by molar-refractivity contribution is 0.794. The van der Waals surface area contributed by atoms with E-state index in [2.05, 4.69) is 211 Å². The zero-order valence-corrected chi connectivity index (χ0v) is 34.3. The number of nitrogens with zero attached hydrogens (tertiary/aromatic N) is 3. The van der Waals surface area contributed by atoms with Crippen molar-refractivity contribution in [3.05, 3.63) is 229 Å². The first-order chi connectivity index (χ1) is 30.8. The van der Waals surface area contributed by atoms with Crippen molar-refractivity contribution >= 4 is 67.6 Å². The van der Waals surface area contributed by atoms with Gasteiger partial charge in [0.05, 0.1) is 27.7 Å². The number of fused-ring (bicyclic) bond motifs is 16. The average Bonchev–Trinajstić information content (AvgIpc) is 3.93. The van der Waals surface area contributed by atoms with Gasteiger partial charge in [0.15, 0.2) is 0 Å². The molecule has 0 atom stereocenters. The molecule has 3 nitrogen and oxygen atoms in total. The molecule has 0 N–H and O–H groups in total. The quantitative estimate of drug-likeness (QED) is 0.167. The third-order valence-electron chi connectivity index (χ3n) is 13.8. The van der Waals surface area contributed by atoms with Gasteiger partial charge in [-0.2, -0.15) is 0 Å². The highest BCUT2D eigenvalue weighted by molar-refractivity contribution is 8.00. The Bertz CT molecular complexity index is 3660. The molecule has 62 heavy (non-hydrogen) atoms. The van der Waals surface area contributed by atoms with Gasteiger partial charge in [0.25, 0.3) is 0 Å². The van der Waals surface area contributed by atoms with Crippen LogP contribution in [0.1, 0.15) is 22.3 Å². The van der Waals surface area contributed by atoms with Crippen LogP contribution in [0.4, 0.5) is 0 Å². The van der Waals surface area contributed by atoms with E-state index in [-0.39, 0.29) is 6.71 Å². The lowest BCUT2D eigenvalue weighted by Crippen LogP contribution is -2.55. The van der Waals surface area contributed by atoms with Crippen LogP contribution in [-0.4, -0.2) is 21.2 Å². The van der Waals surface area contributed by atoms with Crippen molar-refractivity contribution in [2.24, 2.45) is 0 Å². The molecule has 14 rings (SSSR count). The minimum atomic E-state index is -0.392. The maximum Gasteiger partial charge on any atom is 0.244 e. The SMILES string of the molecule is c1ccc(B2c3ccccc3Sc3cc4c(cc32)c2ccccc2n4-c2nc(-c3ccc4c(c3)-c3ccccc3C43c4ccccc4-c4ccccc43)c3ccccc3n2)cc1. The first-order valence-corrected chi connectivity index (χ1v) is 22.2. The molecule has 0 bridgehead atoms. The van der Waals surface area contributed by atoms with Gasteiger partial charge in [-0.1, -0.05) is 204 Å². The molecule has 1 aliphatic heterocycles. The number of hydrogen-bond acceptors (Lipinski definition) is 3. The van der Waals surface area contributed by atoms with Crippen LogP contribution in [0.15, 0.2) is 216 Å². The summed E-state index contributed by atoms with van der Waals surface area (Å²) in [5.74, 6) is 0.668. The van der Waals surface area contributed by atoms with Gasteiger partial charge in [0.1, 0.15) is 0 Å². The Balaban J connectivity index is 0.999. The van der Waals surface area contributed by atoms with Gasteiger partial charge in [-0.05, 0) is 74.8 Å². The fourth-order valence-corrected chi connectivity index (χ4v) is 12.4. The highest BCUT2D eigenvalue weighted by Gasteiger charge is 2.51. The third kappa shape index (κ3) is 4.53. The van der Waals surface area contributed by atoms with E-state index in [4.69, 9.17) is 9.97 Å². The van der Waals surface area contributed by atoms with Gasteiger partial charge in [0.2, 0.25) is 12.7 Å². The van der Waals surface area contributed by atoms with Gasteiger partial charge in [-0.3, -0.25) is 4.57 Å². The van der Waals surface area contributed by atoms with Crippen LogP contribution in [0.5, 0.6) is 0 Å². The molecule has 0 saturated heterocycles. The highest BCUT2D eigenvalue weighted by atomic mass is 32.2. The standard InChI is InChI=1S/C57H34BN3S/c1-2-16-36(17-3-1)58-48-26-12-15-29-53(48)62-54-34-52-43(33-49(54)58)40-21-8-14-28-51(40)61(52)56-59-50-27-13-7-22-41(50)55(60-56)35-30-31-47-42(32-35)39-20-6-11-25-46(39)57(47)44-23-9-4-18-37(44)38-19-5-10-24-45(38)57/h1-34H. The largest absolute Gasteiger partial charge is 0.278 e. The van der Waals surface area contributed by atoms with Crippen LogP contribution in [0.25, 0.3) is 72.2 Å². The maximum atomic E-state index is 5.61. The van der Waals surface area contributed by atoms with E-state index in [0.29, 0.717) is 5.95 Å². The highest BCUT2D eigenvalue weighted by Crippen LogP contribution is 2.63. The van der Waals surface area contributed by atoms with E-state index in [9.17, 15) is 0 Å². The zero-order valence-electron chi connectivity index (χ0n) is 33.5. The summed E-state index contributed by atoms with van der Waals surface area (Å²) in [5, 5.41) is 3.43. The Labute approximate surface area is 363 Å². The first-order valence-electron chi connectivity index (χ1n) is 21.4. The molecule has 0 saturated carbocycles. The fraction of sp³-hybridized carbons (Fsp3) is 0.0175. The number of benzene rings is 9. The lowest BCUT2D eigenvalue weighted by Gasteiger charge is -2.30. The number of aromatic nitrogens is 3. The molecule has 0 amide bonds. The minimum absolute atomic E-state index is 0.133.